The van der Waals surface area contributed by atoms with Crippen molar-refractivity contribution < 1.29 is 4.79 Å². The van der Waals surface area contributed by atoms with Gasteiger partial charge in [-0.05, 0) is 12.1 Å². The summed E-state index contributed by atoms with van der Waals surface area (Å²) >= 11 is 5.79. The summed E-state index contributed by atoms with van der Waals surface area (Å²) in [6, 6.07) is 4.67. The van der Waals surface area contributed by atoms with Gasteiger partial charge in [-0.3, -0.25) is 14.6 Å². The zero-order valence-electron chi connectivity index (χ0n) is 8.33. The Kier molecular flexibility index (Phi) is 1.88. The molecule has 17 heavy (non-hydrogen) atoms. The molecule has 1 aromatic carbocycles. The van der Waals surface area contributed by atoms with Crippen LogP contribution in [0.3, 0.4) is 0 Å². The van der Waals surface area contributed by atoms with E-state index in [1.807, 2.05) is 0 Å². The topological polar surface area (TPSA) is 82.8 Å². The van der Waals surface area contributed by atoms with Crippen molar-refractivity contribution in [1.29, 1.82) is 0 Å². The number of ketones is 1. The van der Waals surface area contributed by atoms with E-state index in [0.29, 0.717) is 16.1 Å². The number of halogens is 1. The fourth-order valence-corrected chi connectivity index (χ4v) is 2.14. The van der Waals surface area contributed by atoms with Crippen LogP contribution in [-0.2, 0) is 0 Å². The third kappa shape index (κ3) is 1.29. The van der Waals surface area contributed by atoms with Crippen molar-refractivity contribution in [3.63, 3.8) is 0 Å². The number of fused-ring (bicyclic) bond motifs is 3. The summed E-state index contributed by atoms with van der Waals surface area (Å²) in [5.74, 6) is -0.388. The van der Waals surface area contributed by atoms with Gasteiger partial charge in [0.1, 0.15) is 5.69 Å². The highest BCUT2D eigenvalue weighted by Gasteiger charge is 2.30. The second-order valence-electron chi connectivity index (χ2n) is 3.68. The molecule has 0 radical (unpaired) electrons. The van der Waals surface area contributed by atoms with E-state index in [1.54, 1.807) is 12.1 Å². The number of nitrogens with one attached hydrogen (secondary N) is 2. The molecule has 1 aromatic heterocycles. The fourth-order valence-electron chi connectivity index (χ4n) is 1.97. The molecule has 1 aliphatic carbocycles. The lowest BCUT2D eigenvalue weighted by molar-refractivity contribution is 0.103. The third-order valence-corrected chi connectivity index (χ3v) is 2.90. The Morgan fingerprint density at radius 3 is 2.53 bits per heavy atom. The Labute approximate surface area is 99.1 Å². The van der Waals surface area contributed by atoms with Crippen LogP contribution in [0.25, 0.3) is 11.1 Å². The van der Waals surface area contributed by atoms with Crippen LogP contribution in [-0.4, -0.2) is 15.8 Å². The van der Waals surface area contributed by atoms with Gasteiger partial charge < -0.3 is 4.98 Å². The van der Waals surface area contributed by atoms with Gasteiger partial charge in [-0.2, -0.15) is 0 Å². The van der Waals surface area contributed by atoms with Gasteiger partial charge in [-0.1, -0.05) is 17.7 Å². The summed E-state index contributed by atoms with van der Waals surface area (Å²) in [6.45, 7) is 0. The molecule has 84 valence electrons. The molecule has 0 atom stereocenters. The van der Waals surface area contributed by atoms with Gasteiger partial charge in [0.05, 0.1) is 5.56 Å². The second-order valence-corrected chi connectivity index (χ2v) is 4.11. The minimum atomic E-state index is -0.694. The van der Waals surface area contributed by atoms with E-state index in [0.717, 1.165) is 0 Å². The summed E-state index contributed by atoms with van der Waals surface area (Å²) in [5, 5.41) is 0.406. The third-order valence-electron chi connectivity index (χ3n) is 2.67. The maximum atomic E-state index is 12.0. The van der Waals surface area contributed by atoms with Gasteiger partial charge in [0.25, 0.3) is 5.56 Å². The molecule has 1 aliphatic rings. The lowest BCUT2D eigenvalue weighted by Gasteiger charge is -1.97. The van der Waals surface area contributed by atoms with Crippen LogP contribution in [0.1, 0.15) is 16.1 Å². The molecule has 0 aliphatic heterocycles. The van der Waals surface area contributed by atoms with Crippen LogP contribution >= 0.6 is 11.6 Å². The average molecular weight is 249 g/mol. The maximum Gasteiger partial charge on any atom is 0.326 e. The standard InChI is InChI=1S/C11H5ClN2O3/c12-4-1-2-5-6(3-4)9(15)8-7(5)10(16)14-11(17)13-8/h1-3H,(H2,13,14,16,17). The highest BCUT2D eigenvalue weighted by molar-refractivity contribution is 6.32. The van der Waals surface area contributed by atoms with Crippen molar-refractivity contribution in [3.8, 4) is 11.1 Å². The summed E-state index contributed by atoms with van der Waals surface area (Å²) in [5.41, 5.74) is -0.219. The Balaban J connectivity index is 2.48. The zero-order chi connectivity index (χ0) is 12.2. The number of carbonyl (C=O) groups excluding carboxylic acids is 1. The lowest BCUT2D eigenvalue weighted by Crippen LogP contribution is -2.25. The van der Waals surface area contributed by atoms with Crippen molar-refractivity contribution in [2.75, 3.05) is 0 Å². The fraction of sp³-hybridized carbons (Fsp3) is 0. The van der Waals surface area contributed by atoms with Gasteiger partial charge in [0.2, 0.25) is 5.78 Å². The van der Waals surface area contributed by atoms with Crippen molar-refractivity contribution in [3.05, 3.63) is 55.3 Å². The van der Waals surface area contributed by atoms with E-state index in [9.17, 15) is 14.4 Å². The first-order valence-electron chi connectivity index (χ1n) is 4.79. The molecule has 0 bridgehead atoms. The van der Waals surface area contributed by atoms with Gasteiger partial charge in [0.15, 0.2) is 0 Å². The number of carbonyl (C=O) groups is 1. The SMILES string of the molecule is O=C1c2cc(Cl)ccc2-c2c1[nH]c(=O)[nH]c2=O. The Morgan fingerprint density at radius 1 is 1.00 bits per heavy atom. The Morgan fingerprint density at radius 2 is 1.76 bits per heavy atom. The Bertz CT molecular complexity index is 773. The van der Waals surface area contributed by atoms with Crippen LogP contribution in [0.2, 0.25) is 5.02 Å². The van der Waals surface area contributed by atoms with Crippen molar-refractivity contribution in [1.82, 2.24) is 9.97 Å². The molecule has 1 heterocycles. The van der Waals surface area contributed by atoms with E-state index in [2.05, 4.69) is 9.97 Å². The number of H-pyrrole nitrogens is 2. The summed E-state index contributed by atoms with van der Waals surface area (Å²) in [6.07, 6.45) is 0. The van der Waals surface area contributed by atoms with E-state index >= 15 is 0 Å². The van der Waals surface area contributed by atoms with E-state index in [-0.39, 0.29) is 17.0 Å². The van der Waals surface area contributed by atoms with Gasteiger partial charge in [-0.25, -0.2) is 4.79 Å². The van der Waals surface area contributed by atoms with Gasteiger partial charge in [0, 0.05) is 16.1 Å². The predicted molar refractivity (Wildman–Crippen MR) is 61.6 cm³/mol. The number of hydrogen-bond acceptors (Lipinski definition) is 3. The minimum Gasteiger partial charge on any atom is -0.303 e. The molecule has 0 saturated carbocycles. The zero-order valence-corrected chi connectivity index (χ0v) is 9.09. The molecular weight excluding hydrogens is 244 g/mol. The Hall–Kier alpha value is -2.14. The molecule has 0 amide bonds. The predicted octanol–water partition coefficient (Wildman–Crippen LogP) is 0.928. The van der Waals surface area contributed by atoms with Crippen molar-refractivity contribution in [2.45, 2.75) is 0 Å². The molecular formula is C11H5ClN2O3. The minimum absolute atomic E-state index is 0.0241. The quantitative estimate of drug-likeness (QED) is 0.621. The number of hydrogen-bond donors (Lipinski definition) is 2. The van der Waals surface area contributed by atoms with Gasteiger partial charge >= 0.3 is 5.69 Å². The molecule has 3 rings (SSSR count). The monoisotopic (exact) mass is 248 g/mol. The second kappa shape index (κ2) is 3.18. The number of aromatic amines is 2. The normalized spacial score (nSPS) is 12.4. The van der Waals surface area contributed by atoms with E-state index < -0.39 is 11.2 Å². The first kappa shape index (κ1) is 10.0. The summed E-state index contributed by atoms with van der Waals surface area (Å²) in [4.78, 5) is 39.2. The lowest BCUT2D eigenvalue weighted by atomic mass is 10.1. The summed E-state index contributed by atoms with van der Waals surface area (Å²) in [7, 11) is 0. The highest BCUT2D eigenvalue weighted by Crippen LogP contribution is 2.33. The van der Waals surface area contributed by atoms with Crippen molar-refractivity contribution >= 4 is 17.4 Å². The van der Waals surface area contributed by atoms with E-state index in [4.69, 9.17) is 11.6 Å². The van der Waals surface area contributed by atoms with Crippen molar-refractivity contribution in [2.24, 2.45) is 0 Å². The average Bonchev–Trinajstić information content (AvgIpc) is 2.53. The number of rotatable bonds is 0. The molecule has 2 N–H and O–H groups in total. The molecule has 6 heteroatoms. The molecule has 2 aromatic rings. The largest absolute Gasteiger partial charge is 0.326 e. The molecule has 0 unspecified atom stereocenters. The van der Waals surface area contributed by atoms with Gasteiger partial charge in [-0.15, -0.1) is 0 Å². The van der Waals surface area contributed by atoms with E-state index in [1.165, 1.54) is 6.07 Å². The maximum absolute atomic E-state index is 12.0. The number of benzene rings is 1. The van der Waals surface area contributed by atoms with Crippen LogP contribution < -0.4 is 11.2 Å². The van der Waals surface area contributed by atoms with Crippen LogP contribution in [0.5, 0.6) is 0 Å². The van der Waals surface area contributed by atoms with Crippen LogP contribution in [0, 0.1) is 0 Å². The van der Waals surface area contributed by atoms with Crippen LogP contribution in [0.4, 0.5) is 0 Å². The molecule has 0 fully saturated rings. The highest BCUT2D eigenvalue weighted by atomic mass is 35.5. The summed E-state index contributed by atoms with van der Waals surface area (Å²) < 4.78 is 0. The first-order chi connectivity index (χ1) is 8.08. The smallest absolute Gasteiger partial charge is 0.303 e. The van der Waals surface area contributed by atoms with Crippen LogP contribution in [0.15, 0.2) is 27.8 Å². The molecule has 0 spiro atoms. The first-order valence-corrected chi connectivity index (χ1v) is 5.17. The molecule has 0 saturated heterocycles. The number of aromatic nitrogens is 2. The molecule has 5 nitrogen and oxygen atoms in total.